The number of halogens is 1. The fourth-order valence-corrected chi connectivity index (χ4v) is 2.98. The molecule has 0 atom stereocenters. The molecule has 3 nitrogen and oxygen atoms in total. The molecule has 0 spiro atoms. The molecule has 0 unspecified atom stereocenters. The van der Waals surface area contributed by atoms with Crippen molar-refractivity contribution in [2.75, 3.05) is 0 Å². The second kappa shape index (κ2) is 6.28. The quantitative estimate of drug-likeness (QED) is 0.787. The zero-order chi connectivity index (χ0) is 15.5. The monoisotopic (exact) mass is 355 g/mol. The first-order chi connectivity index (χ1) is 10.7. The van der Waals surface area contributed by atoms with E-state index in [2.05, 4.69) is 15.9 Å². The van der Waals surface area contributed by atoms with E-state index < -0.39 is 0 Å². The first-order valence-electron chi connectivity index (χ1n) is 6.99. The summed E-state index contributed by atoms with van der Waals surface area (Å²) in [6.45, 7) is 0.298. The molecule has 3 rings (SSSR count). The van der Waals surface area contributed by atoms with Crippen molar-refractivity contribution >= 4 is 27.7 Å². The summed E-state index contributed by atoms with van der Waals surface area (Å²) in [6.07, 6.45) is 0.456. The summed E-state index contributed by atoms with van der Waals surface area (Å²) in [7, 11) is 0. The topological polar surface area (TPSA) is 37.4 Å². The summed E-state index contributed by atoms with van der Waals surface area (Å²) >= 11 is 3.29. The van der Waals surface area contributed by atoms with Gasteiger partial charge in [0.05, 0.1) is 11.0 Å². The van der Waals surface area contributed by atoms with Crippen LogP contribution in [0.5, 0.6) is 0 Å². The summed E-state index contributed by atoms with van der Waals surface area (Å²) in [4.78, 5) is 26.2. The molecule has 1 aliphatic rings. The number of rotatable bonds is 4. The van der Waals surface area contributed by atoms with E-state index in [1.807, 2.05) is 60.7 Å². The molecule has 1 aliphatic heterocycles. The van der Waals surface area contributed by atoms with Gasteiger partial charge in [0.1, 0.15) is 0 Å². The molecule has 0 bridgehead atoms. The van der Waals surface area contributed by atoms with E-state index >= 15 is 0 Å². The Kier molecular flexibility index (Phi) is 4.20. The number of amides is 2. The highest BCUT2D eigenvalue weighted by Crippen LogP contribution is 2.29. The van der Waals surface area contributed by atoms with E-state index in [0.717, 1.165) is 11.1 Å². The lowest BCUT2D eigenvalue weighted by molar-refractivity contribution is -0.138. The highest BCUT2D eigenvalue weighted by molar-refractivity contribution is 9.12. The van der Waals surface area contributed by atoms with Crippen molar-refractivity contribution < 1.29 is 9.59 Å². The first kappa shape index (κ1) is 14.7. The van der Waals surface area contributed by atoms with E-state index in [4.69, 9.17) is 0 Å². The number of carbonyl (C=O) groups is 2. The van der Waals surface area contributed by atoms with Crippen LogP contribution in [0.25, 0.3) is 0 Å². The Bertz CT molecular complexity index is 738. The lowest BCUT2D eigenvalue weighted by atomic mass is 10.1. The van der Waals surface area contributed by atoms with Gasteiger partial charge in [-0.3, -0.25) is 14.5 Å². The third kappa shape index (κ3) is 2.88. The van der Waals surface area contributed by atoms with Crippen LogP contribution in [-0.4, -0.2) is 16.7 Å². The largest absolute Gasteiger partial charge is 0.270 e. The van der Waals surface area contributed by atoms with Crippen molar-refractivity contribution in [3.05, 3.63) is 81.8 Å². The third-order valence-electron chi connectivity index (χ3n) is 3.61. The second-order valence-electron chi connectivity index (χ2n) is 5.14. The molecule has 110 valence electrons. The molecule has 2 amide bonds. The van der Waals surface area contributed by atoms with Gasteiger partial charge in [-0.2, -0.15) is 0 Å². The Hall–Kier alpha value is -2.20. The Morgan fingerprint density at radius 2 is 1.32 bits per heavy atom. The van der Waals surface area contributed by atoms with Crippen LogP contribution >= 0.6 is 15.9 Å². The summed E-state index contributed by atoms with van der Waals surface area (Å²) < 4.78 is 0.372. The van der Waals surface area contributed by atoms with E-state index in [1.165, 1.54) is 4.90 Å². The van der Waals surface area contributed by atoms with Crippen molar-refractivity contribution in [2.24, 2.45) is 0 Å². The molecular formula is C18H14BrNO2. The number of hydrogen-bond donors (Lipinski definition) is 0. The van der Waals surface area contributed by atoms with E-state index in [9.17, 15) is 9.59 Å². The predicted molar refractivity (Wildman–Crippen MR) is 88.1 cm³/mol. The smallest absolute Gasteiger partial charge is 0.268 e. The lowest BCUT2D eigenvalue weighted by Gasteiger charge is -2.14. The second-order valence-corrected chi connectivity index (χ2v) is 5.93. The molecule has 0 saturated heterocycles. The van der Waals surface area contributed by atoms with Gasteiger partial charge in [0, 0.05) is 12.0 Å². The van der Waals surface area contributed by atoms with Gasteiger partial charge in [-0.25, -0.2) is 0 Å². The van der Waals surface area contributed by atoms with Crippen LogP contribution in [0.2, 0.25) is 0 Å². The average Bonchev–Trinajstić information content (AvgIpc) is 2.75. The zero-order valence-corrected chi connectivity index (χ0v) is 13.4. The van der Waals surface area contributed by atoms with E-state index in [1.54, 1.807) is 0 Å². The number of benzene rings is 2. The fourth-order valence-electron chi connectivity index (χ4n) is 2.46. The molecule has 4 heteroatoms. The van der Waals surface area contributed by atoms with Gasteiger partial charge in [-0.05, 0) is 27.1 Å². The van der Waals surface area contributed by atoms with Crippen LogP contribution in [0, 0.1) is 0 Å². The normalized spacial score (nSPS) is 14.9. The Labute approximate surface area is 137 Å². The number of nitrogens with zero attached hydrogens (tertiary/aromatic N) is 1. The van der Waals surface area contributed by atoms with Gasteiger partial charge >= 0.3 is 0 Å². The van der Waals surface area contributed by atoms with Crippen molar-refractivity contribution in [1.29, 1.82) is 0 Å². The summed E-state index contributed by atoms with van der Waals surface area (Å²) in [6, 6.07) is 19.2. The van der Waals surface area contributed by atoms with Gasteiger partial charge in [-0.15, -0.1) is 0 Å². The predicted octanol–water partition coefficient (Wildman–Crippen LogP) is 3.45. The van der Waals surface area contributed by atoms with Crippen LogP contribution in [-0.2, 0) is 22.6 Å². The number of imide groups is 1. The van der Waals surface area contributed by atoms with Crippen molar-refractivity contribution in [3.63, 3.8) is 0 Å². The first-order valence-corrected chi connectivity index (χ1v) is 7.79. The molecule has 0 N–H and O–H groups in total. The molecular weight excluding hydrogens is 342 g/mol. The molecule has 0 aliphatic carbocycles. The molecule has 0 fully saturated rings. The van der Waals surface area contributed by atoms with Gasteiger partial charge in [0.15, 0.2) is 0 Å². The summed E-state index contributed by atoms with van der Waals surface area (Å²) in [5, 5.41) is 0. The minimum Gasteiger partial charge on any atom is -0.270 e. The van der Waals surface area contributed by atoms with Crippen LogP contribution < -0.4 is 0 Å². The number of carbonyl (C=O) groups excluding carboxylic acids is 2. The molecule has 0 aromatic heterocycles. The Balaban J connectivity index is 1.81. The molecule has 1 heterocycles. The summed E-state index contributed by atoms with van der Waals surface area (Å²) in [5.41, 5.74) is 2.47. The minimum atomic E-state index is -0.264. The summed E-state index contributed by atoms with van der Waals surface area (Å²) in [5.74, 6) is -0.482. The molecule has 22 heavy (non-hydrogen) atoms. The van der Waals surface area contributed by atoms with E-state index in [-0.39, 0.29) is 11.8 Å². The molecule has 0 saturated carbocycles. The van der Waals surface area contributed by atoms with Crippen LogP contribution in [0.1, 0.15) is 11.1 Å². The van der Waals surface area contributed by atoms with Gasteiger partial charge < -0.3 is 0 Å². The molecule has 2 aromatic rings. The van der Waals surface area contributed by atoms with Gasteiger partial charge in [0.2, 0.25) is 0 Å². The fraction of sp³-hybridized carbons (Fsp3) is 0.111. The van der Waals surface area contributed by atoms with Crippen molar-refractivity contribution in [1.82, 2.24) is 4.90 Å². The SMILES string of the molecule is O=C1C(Br)=C(Cc2ccccc2)C(=O)N1Cc1ccccc1. The maximum Gasteiger partial charge on any atom is 0.268 e. The highest BCUT2D eigenvalue weighted by Gasteiger charge is 2.36. The van der Waals surface area contributed by atoms with Crippen LogP contribution in [0.4, 0.5) is 0 Å². The standard InChI is InChI=1S/C18H14BrNO2/c19-16-15(11-13-7-3-1-4-8-13)17(21)20(18(16)22)12-14-9-5-2-6-10-14/h1-10H,11-12H2. The third-order valence-corrected chi connectivity index (χ3v) is 4.43. The van der Waals surface area contributed by atoms with Crippen LogP contribution in [0.15, 0.2) is 70.7 Å². The Morgan fingerprint density at radius 3 is 1.91 bits per heavy atom. The average molecular weight is 356 g/mol. The van der Waals surface area contributed by atoms with Gasteiger partial charge in [-0.1, -0.05) is 60.7 Å². The minimum absolute atomic E-state index is 0.218. The van der Waals surface area contributed by atoms with Crippen molar-refractivity contribution in [3.8, 4) is 0 Å². The number of hydrogen-bond acceptors (Lipinski definition) is 2. The lowest BCUT2D eigenvalue weighted by Crippen LogP contribution is -2.31. The van der Waals surface area contributed by atoms with E-state index in [0.29, 0.717) is 23.0 Å². The highest BCUT2D eigenvalue weighted by atomic mass is 79.9. The molecule has 0 radical (unpaired) electrons. The van der Waals surface area contributed by atoms with Gasteiger partial charge in [0.25, 0.3) is 11.8 Å². The maximum atomic E-state index is 12.6. The zero-order valence-electron chi connectivity index (χ0n) is 11.8. The van der Waals surface area contributed by atoms with Crippen LogP contribution in [0.3, 0.4) is 0 Å². The molecule has 2 aromatic carbocycles. The Morgan fingerprint density at radius 1 is 0.773 bits per heavy atom. The maximum absolute atomic E-state index is 12.6. The van der Waals surface area contributed by atoms with Crippen molar-refractivity contribution in [2.45, 2.75) is 13.0 Å².